The molecule has 0 heterocycles. The van der Waals surface area contributed by atoms with Gasteiger partial charge in [-0.15, -0.1) is 0 Å². The number of hydrogen-bond donors (Lipinski definition) is 0. The zero-order valence-electron chi connectivity index (χ0n) is 12.1. The van der Waals surface area contributed by atoms with Gasteiger partial charge in [-0.3, -0.25) is 4.79 Å². The largest absolute Gasteiger partial charge is 0.300 e. The summed E-state index contributed by atoms with van der Waals surface area (Å²) < 4.78 is 0. The van der Waals surface area contributed by atoms with Gasteiger partial charge in [0.1, 0.15) is 5.78 Å². The van der Waals surface area contributed by atoms with E-state index in [-0.39, 0.29) is 17.1 Å². The Labute approximate surface area is 106 Å². The highest BCUT2D eigenvalue weighted by molar-refractivity contribution is 5.79. The Morgan fingerprint density at radius 1 is 1.12 bits per heavy atom. The zero-order valence-corrected chi connectivity index (χ0v) is 12.1. The van der Waals surface area contributed by atoms with Gasteiger partial charge >= 0.3 is 0 Å². The first-order valence-electron chi connectivity index (χ1n) is 6.45. The molecule has 0 fully saturated rings. The first kappa shape index (κ1) is 15.9. The minimum atomic E-state index is 0.0433. The molecule has 1 unspecified atom stereocenters. The Balaban J connectivity index is 0.00000121. The Hall–Kier alpha value is -1.11. The summed E-state index contributed by atoms with van der Waals surface area (Å²) in [6.45, 7) is 12.1. The van der Waals surface area contributed by atoms with Crippen LogP contribution in [0.5, 0.6) is 0 Å². The molecule has 0 aromatic heterocycles. The number of hydrogen-bond acceptors (Lipinski definition) is 1. The van der Waals surface area contributed by atoms with Crippen molar-refractivity contribution < 1.29 is 4.79 Å². The molecule has 0 radical (unpaired) electrons. The summed E-state index contributed by atoms with van der Waals surface area (Å²) in [6, 6.07) is 10.2. The van der Waals surface area contributed by atoms with E-state index in [9.17, 15) is 4.79 Å². The number of ketones is 1. The summed E-state index contributed by atoms with van der Waals surface area (Å²) >= 11 is 0. The van der Waals surface area contributed by atoms with Crippen LogP contribution in [0.2, 0.25) is 0 Å². The van der Waals surface area contributed by atoms with E-state index in [1.165, 1.54) is 5.56 Å². The lowest BCUT2D eigenvalue weighted by molar-refractivity contribution is -0.123. The molecule has 1 aromatic carbocycles. The van der Waals surface area contributed by atoms with Crippen LogP contribution in [0.15, 0.2) is 30.3 Å². The average Bonchev–Trinajstić information content (AvgIpc) is 2.28. The second-order valence-corrected chi connectivity index (χ2v) is 5.22. The molecule has 1 heteroatoms. The third-order valence-corrected chi connectivity index (χ3v) is 2.82. The number of rotatable bonds is 3. The van der Waals surface area contributed by atoms with Crippen molar-refractivity contribution in [3.8, 4) is 0 Å². The molecule has 17 heavy (non-hydrogen) atoms. The number of Topliss-reactive ketones (excluding diaryl/α,β-unsaturated/α-hetero) is 1. The van der Waals surface area contributed by atoms with Crippen LogP contribution >= 0.6 is 0 Å². The van der Waals surface area contributed by atoms with Crippen molar-refractivity contribution in [2.75, 3.05) is 0 Å². The van der Waals surface area contributed by atoms with Crippen LogP contribution in [0, 0.1) is 11.3 Å². The van der Waals surface area contributed by atoms with Gasteiger partial charge in [-0.25, -0.2) is 0 Å². The number of benzene rings is 1. The van der Waals surface area contributed by atoms with E-state index in [2.05, 4.69) is 32.9 Å². The summed E-state index contributed by atoms with van der Waals surface area (Å²) in [5.74, 6) is 0.395. The van der Waals surface area contributed by atoms with Gasteiger partial charge in [-0.05, 0) is 24.3 Å². The minimum Gasteiger partial charge on any atom is -0.300 e. The number of carbonyl (C=O) groups excluding carboxylic acids is 1. The third kappa shape index (κ3) is 5.67. The first-order chi connectivity index (χ1) is 7.91. The lowest BCUT2D eigenvalue weighted by Crippen LogP contribution is -2.28. The van der Waals surface area contributed by atoms with E-state index >= 15 is 0 Å². The van der Waals surface area contributed by atoms with Crippen LogP contribution in [0.1, 0.15) is 47.1 Å². The maximum Gasteiger partial charge on any atom is 0.133 e. The van der Waals surface area contributed by atoms with Crippen molar-refractivity contribution in [1.82, 2.24) is 0 Å². The van der Waals surface area contributed by atoms with Crippen molar-refractivity contribution in [1.29, 1.82) is 0 Å². The molecular weight excluding hydrogens is 208 g/mol. The van der Waals surface area contributed by atoms with Crippen LogP contribution in [-0.2, 0) is 11.2 Å². The van der Waals surface area contributed by atoms with Crippen molar-refractivity contribution in [2.24, 2.45) is 11.3 Å². The highest BCUT2D eigenvalue weighted by Crippen LogP contribution is 2.29. The third-order valence-electron chi connectivity index (χ3n) is 2.82. The van der Waals surface area contributed by atoms with Gasteiger partial charge in [0.15, 0.2) is 0 Å². The summed E-state index contributed by atoms with van der Waals surface area (Å²) in [4.78, 5) is 11.6. The highest BCUT2D eigenvalue weighted by Gasteiger charge is 2.28. The molecule has 0 saturated carbocycles. The van der Waals surface area contributed by atoms with E-state index in [1.54, 1.807) is 6.92 Å². The smallest absolute Gasteiger partial charge is 0.133 e. The average molecular weight is 234 g/mol. The van der Waals surface area contributed by atoms with E-state index < -0.39 is 0 Å². The molecule has 1 rings (SSSR count). The molecule has 0 spiro atoms. The molecule has 0 N–H and O–H groups in total. The fraction of sp³-hybridized carbons (Fsp3) is 0.562. The SMILES string of the molecule is CC.CC(=O)C(Cc1ccccc1)C(C)(C)C. The molecule has 0 aliphatic rings. The second-order valence-electron chi connectivity index (χ2n) is 5.22. The fourth-order valence-corrected chi connectivity index (χ4v) is 1.91. The molecule has 0 bridgehead atoms. The molecule has 0 aliphatic heterocycles. The fourth-order valence-electron chi connectivity index (χ4n) is 1.91. The summed E-state index contributed by atoms with van der Waals surface area (Å²) in [5, 5.41) is 0. The van der Waals surface area contributed by atoms with E-state index in [1.807, 2.05) is 32.0 Å². The Morgan fingerprint density at radius 2 is 1.59 bits per heavy atom. The van der Waals surface area contributed by atoms with Gasteiger partial charge in [0.05, 0.1) is 0 Å². The van der Waals surface area contributed by atoms with Crippen LogP contribution in [-0.4, -0.2) is 5.78 Å². The van der Waals surface area contributed by atoms with E-state index in [4.69, 9.17) is 0 Å². The lowest BCUT2D eigenvalue weighted by atomic mass is 9.75. The van der Waals surface area contributed by atoms with Gasteiger partial charge < -0.3 is 0 Å². The summed E-state index contributed by atoms with van der Waals surface area (Å²) in [6.07, 6.45) is 0.847. The van der Waals surface area contributed by atoms with Crippen LogP contribution < -0.4 is 0 Å². The molecule has 96 valence electrons. The normalized spacial score (nSPS) is 12.4. The standard InChI is InChI=1S/C14H20O.C2H6/c1-11(15)13(14(2,3)4)10-12-8-6-5-7-9-12;1-2/h5-9,13H,10H2,1-4H3;1-2H3. The zero-order chi connectivity index (χ0) is 13.5. The molecule has 0 amide bonds. The molecular formula is C16H26O. The monoisotopic (exact) mass is 234 g/mol. The quantitative estimate of drug-likeness (QED) is 0.752. The second kappa shape index (κ2) is 7.26. The van der Waals surface area contributed by atoms with Gasteiger partial charge in [0.2, 0.25) is 0 Å². The molecule has 1 aromatic rings. The van der Waals surface area contributed by atoms with E-state index in [0.29, 0.717) is 0 Å². The topological polar surface area (TPSA) is 17.1 Å². The highest BCUT2D eigenvalue weighted by atomic mass is 16.1. The summed E-state index contributed by atoms with van der Waals surface area (Å²) in [7, 11) is 0. The lowest BCUT2D eigenvalue weighted by Gasteiger charge is -2.28. The predicted molar refractivity (Wildman–Crippen MR) is 75.1 cm³/mol. The van der Waals surface area contributed by atoms with Crippen molar-refractivity contribution in [3.05, 3.63) is 35.9 Å². The van der Waals surface area contributed by atoms with Gasteiger partial charge in [-0.1, -0.05) is 65.0 Å². The van der Waals surface area contributed by atoms with Crippen molar-refractivity contribution in [3.63, 3.8) is 0 Å². The predicted octanol–water partition coefficient (Wildman–Crippen LogP) is 4.51. The Kier molecular flexibility index (Phi) is 6.79. The van der Waals surface area contributed by atoms with Crippen LogP contribution in [0.4, 0.5) is 0 Å². The molecule has 0 aliphatic carbocycles. The Bertz CT molecular complexity index is 319. The number of carbonyl (C=O) groups is 1. The van der Waals surface area contributed by atoms with Gasteiger partial charge in [0, 0.05) is 5.92 Å². The first-order valence-corrected chi connectivity index (χ1v) is 6.45. The molecule has 1 atom stereocenters. The molecule has 0 saturated heterocycles. The Morgan fingerprint density at radius 3 is 1.94 bits per heavy atom. The summed E-state index contributed by atoms with van der Waals surface area (Å²) in [5.41, 5.74) is 1.29. The maximum absolute atomic E-state index is 11.6. The van der Waals surface area contributed by atoms with Crippen molar-refractivity contribution >= 4 is 5.78 Å². The maximum atomic E-state index is 11.6. The van der Waals surface area contributed by atoms with E-state index in [0.717, 1.165) is 6.42 Å². The van der Waals surface area contributed by atoms with Crippen LogP contribution in [0.25, 0.3) is 0 Å². The van der Waals surface area contributed by atoms with Crippen LogP contribution in [0.3, 0.4) is 0 Å². The minimum absolute atomic E-state index is 0.0433. The molecule has 1 nitrogen and oxygen atoms in total. The van der Waals surface area contributed by atoms with Crippen molar-refractivity contribution in [2.45, 2.75) is 48.0 Å². The van der Waals surface area contributed by atoms with Gasteiger partial charge in [-0.2, -0.15) is 0 Å². The van der Waals surface area contributed by atoms with Gasteiger partial charge in [0.25, 0.3) is 0 Å².